The molecule has 0 aliphatic heterocycles. The molecule has 1 unspecified atom stereocenters. The van der Waals surface area contributed by atoms with Crippen molar-refractivity contribution in [3.05, 3.63) is 55.9 Å². The number of fused-ring (bicyclic) bond motifs is 1. The van der Waals surface area contributed by atoms with Gasteiger partial charge in [0.05, 0.1) is 11.4 Å². The summed E-state index contributed by atoms with van der Waals surface area (Å²) >= 11 is 1.58. The monoisotopic (exact) mass is 327 g/mol. The first-order valence-corrected chi connectivity index (χ1v) is 8.52. The maximum atomic E-state index is 12.4. The Hall–Kier alpha value is -2.14. The maximum Gasteiger partial charge on any atom is 0.259 e. The van der Waals surface area contributed by atoms with E-state index in [2.05, 4.69) is 47.3 Å². The van der Waals surface area contributed by atoms with E-state index >= 15 is 0 Å². The van der Waals surface area contributed by atoms with E-state index in [-0.39, 0.29) is 11.6 Å². The number of benzene rings is 1. The topological polar surface area (TPSA) is 57.8 Å². The summed E-state index contributed by atoms with van der Waals surface area (Å²) < 4.78 is 0. The third kappa shape index (κ3) is 2.88. The van der Waals surface area contributed by atoms with Crippen molar-refractivity contribution in [1.29, 1.82) is 0 Å². The molecule has 0 saturated heterocycles. The molecule has 23 heavy (non-hydrogen) atoms. The Kier molecular flexibility index (Phi) is 3.98. The highest BCUT2D eigenvalue weighted by atomic mass is 32.1. The van der Waals surface area contributed by atoms with Gasteiger partial charge in [-0.25, -0.2) is 4.98 Å². The van der Waals surface area contributed by atoms with Gasteiger partial charge in [0.1, 0.15) is 10.7 Å². The third-order valence-electron chi connectivity index (χ3n) is 4.36. The molecule has 0 bridgehead atoms. The number of nitrogens with zero attached hydrogens (tertiary/aromatic N) is 1. The molecule has 4 nitrogen and oxygen atoms in total. The highest BCUT2D eigenvalue weighted by molar-refractivity contribution is 7.18. The van der Waals surface area contributed by atoms with Crippen molar-refractivity contribution in [2.24, 2.45) is 0 Å². The number of H-pyrrole nitrogens is 1. The van der Waals surface area contributed by atoms with Crippen molar-refractivity contribution in [3.63, 3.8) is 0 Å². The molecule has 0 amide bonds. The Morgan fingerprint density at radius 3 is 2.61 bits per heavy atom. The minimum Gasteiger partial charge on any atom is -0.375 e. The summed E-state index contributed by atoms with van der Waals surface area (Å²) in [7, 11) is 0. The van der Waals surface area contributed by atoms with Crippen LogP contribution in [0.15, 0.2) is 23.0 Å². The summed E-state index contributed by atoms with van der Waals surface area (Å²) in [5.74, 6) is 0.668. The van der Waals surface area contributed by atoms with Gasteiger partial charge >= 0.3 is 0 Å². The molecule has 0 spiro atoms. The van der Waals surface area contributed by atoms with Gasteiger partial charge in [-0.3, -0.25) is 4.79 Å². The van der Waals surface area contributed by atoms with E-state index in [1.807, 2.05) is 20.8 Å². The van der Waals surface area contributed by atoms with Crippen molar-refractivity contribution >= 4 is 27.2 Å². The van der Waals surface area contributed by atoms with Crippen molar-refractivity contribution in [1.82, 2.24) is 9.97 Å². The molecule has 2 N–H and O–H groups in total. The minimum atomic E-state index is -0.0723. The number of anilines is 1. The first-order valence-electron chi connectivity index (χ1n) is 7.70. The SMILES string of the molecule is Cc1ccc(NC(C)c2nc3sc(C)c(C)c3c(=O)[nH]2)cc1C. The second-order valence-electron chi connectivity index (χ2n) is 6.08. The highest BCUT2D eigenvalue weighted by Crippen LogP contribution is 2.27. The average molecular weight is 327 g/mol. The second-order valence-corrected chi connectivity index (χ2v) is 7.28. The lowest BCUT2D eigenvalue weighted by Crippen LogP contribution is -2.17. The van der Waals surface area contributed by atoms with Gasteiger partial charge in [-0.1, -0.05) is 6.07 Å². The van der Waals surface area contributed by atoms with Gasteiger partial charge in [0, 0.05) is 10.6 Å². The molecule has 0 fully saturated rings. The lowest BCUT2D eigenvalue weighted by Gasteiger charge is -2.15. The van der Waals surface area contributed by atoms with Crippen LogP contribution in [0.4, 0.5) is 5.69 Å². The Morgan fingerprint density at radius 2 is 1.91 bits per heavy atom. The predicted molar refractivity (Wildman–Crippen MR) is 97.7 cm³/mol. The van der Waals surface area contributed by atoms with Gasteiger partial charge in [-0.05, 0) is 63.4 Å². The van der Waals surface area contributed by atoms with Crippen LogP contribution in [0.3, 0.4) is 0 Å². The van der Waals surface area contributed by atoms with Crippen molar-refractivity contribution < 1.29 is 0 Å². The maximum absolute atomic E-state index is 12.4. The van der Waals surface area contributed by atoms with Gasteiger partial charge in [0.2, 0.25) is 0 Å². The number of hydrogen-bond acceptors (Lipinski definition) is 4. The summed E-state index contributed by atoms with van der Waals surface area (Å²) in [6.45, 7) is 10.2. The number of thiophene rings is 1. The molecule has 3 rings (SSSR count). The van der Waals surface area contributed by atoms with Crippen LogP contribution in [0.25, 0.3) is 10.2 Å². The fourth-order valence-electron chi connectivity index (χ4n) is 2.63. The Labute approximate surface area is 139 Å². The lowest BCUT2D eigenvalue weighted by molar-refractivity contribution is 0.792. The zero-order valence-electron chi connectivity index (χ0n) is 14.1. The molecule has 0 aliphatic carbocycles. The van der Waals surface area contributed by atoms with E-state index in [0.29, 0.717) is 5.82 Å². The number of aryl methyl sites for hydroxylation is 4. The third-order valence-corrected chi connectivity index (χ3v) is 5.46. The van der Waals surface area contributed by atoms with Gasteiger partial charge < -0.3 is 10.3 Å². The standard InChI is InChI=1S/C18H21N3OS/c1-9-6-7-14(8-10(9)2)19-12(4)16-20-17(22)15-11(3)13(5)23-18(15)21-16/h6-8,12,19H,1-5H3,(H,20,21,22). The zero-order chi connectivity index (χ0) is 16.7. The number of rotatable bonds is 3. The van der Waals surface area contributed by atoms with E-state index < -0.39 is 0 Å². The van der Waals surface area contributed by atoms with Crippen LogP contribution in [0.1, 0.15) is 40.4 Å². The fourth-order valence-corrected chi connectivity index (χ4v) is 3.66. The van der Waals surface area contributed by atoms with E-state index in [9.17, 15) is 4.79 Å². The average Bonchev–Trinajstić information content (AvgIpc) is 2.78. The molecular weight excluding hydrogens is 306 g/mol. The van der Waals surface area contributed by atoms with Crippen LogP contribution < -0.4 is 10.9 Å². The van der Waals surface area contributed by atoms with Gasteiger partial charge in [-0.2, -0.15) is 0 Å². The Balaban J connectivity index is 1.96. The highest BCUT2D eigenvalue weighted by Gasteiger charge is 2.15. The molecule has 120 valence electrons. The van der Waals surface area contributed by atoms with E-state index in [4.69, 9.17) is 0 Å². The van der Waals surface area contributed by atoms with Crippen LogP contribution >= 0.6 is 11.3 Å². The van der Waals surface area contributed by atoms with Crippen LogP contribution in [0, 0.1) is 27.7 Å². The van der Waals surface area contributed by atoms with Gasteiger partial charge in [0.25, 0.3) is 5.56 Å². The molecule has 2 heterocycles. The van der Waals surface area contributed by atoms with E-state index in [0.717, 1.165) is 26.3 Å². The molecule has 2 aromatic heterocycles. The molecule has 0 saturated carbocycles. The van der Waals surface area contributed by atoms with Crippen molar-refractivity contribution in [3.8, 4) is 0 Å². The number of aromatic amines is 1. The molecular formula is C18H21N3OS. The first-order chi connectivity index (χ1) is 10.9. The Bertz CT molecular complexity index is 939. The van der Waals surface area contributed by atoms with Crippen LogP contribution in [0.2, 0.25) is 0 Å². The summed E-state index contributed by atoms with van der Waals surface area (Å²) in [5.41, 5.74) is 4.51. The van der Waals surface area contributed by atoms with E-state index in [1.165, 1.54) is 11.1 Å². The van der Waals surface area contributed by atoms with Crippen LogP contribution in [-0.4, -0.2) is 9.97 Å². The number of aromatic nitrogens is 2. The van der Waals surface area contributed by atoms with Crippen molar-refractivity contribution in [2.45, 2.75) is 40.7 Å². The van der Waals surface area contributed by atoms with E-state index in [1.54, 1.807) is 11.3 Å². The number of nitrogens with one attached hydrogen (secondary N) is 2. The molecule has 0 aliphatic rings. The zero-order valence-corrected chi connectivity index (χ0v) is 14.9. The fraction of sp³-hybridized carbons (Fsp3) is 0.333. The molecule has 5 heteroatoms. The molecule has 0 radical (unpaired) electrons. The van der Waals surface area contributed by atoms with Crippen LogP contribution in [-0.2, 0) is 0 Å². The van der Waals surface area contributed by atoms with Gasteiger partial charge in [-0.15, -0.1) is 11.3 Å². The summed E-state index contributed by atoms with van der Waals surface area (Å²) in [5, 5.41) is 4.13. The lowest BCUT2D eigenvalue weighted by atomic mass is 10.1. The molecule has 1 atom stereocenters. The van der Waals surface area contributed by atoms with Crippen molar-refractivity contribution in [2.75, 3.05) is 5.32 Å². The summed E-state index contributed by atoms with van der Waals surface area (Å²) in [6, 6.07) is 6.18. The largest absolute Gasteiger partial charge is 0.375 e. The van der Waals surface area contributed by atoms with Gasteiger partial charge in [0.15, 0.2) is 0 Å². The number of hydrogen-bond donors (Lipinski definition) is 2. The normalized spacial score (nSPS) is 12.6. The molecule has 1 aromatic carbocycles. The summed E-state index contributed by atoms with van der Waals surface area (Å²) in [4.78, 5) is 21.9. The smallest absolute Gasteiger partial charge is 0.259 e. The Morgan fingerprint density at radius 1 is 1.17 bits per heavy atom. The minimum absolute atomic E-state index is 0.0550. The predicted octanol–water partition coefficient (Wildman–Crippen LogP) is 4.39. The summed E-state index contributed by atoms with van der Waals surface area (Å²) in [6.07, 6.45) is 0. The van der Waals surface area contributed by atoms with Crippen LogP contribution in [0.5, 0.6) is 0 Å². The first kappa shape index (κ1) is 15.7. The molecule has 3 aromatic rings. The second kappa shape index (κ2) is 5.81. The quantitative estimate of drug-likeness (QED) is 0.750.